The first-order valence-corrected chi connectivity index (χ1v) is 7.65. The molecule has 1 fully saturated rings. The van der Waals surface area contributed by atoms with Crippen LogP contribution in [-0.2, 0) is 6.42 Å². The molecule has 0 aromatic carbocycles. The van der Waals surface area contributed by atoms with Crippen LogP contribution in [0.5, 0.6) is 0 Å². The summed E-state index contributed by atoms with van der Waals surface area (Å²) < 4.78 is 0. The minimum absolute atomic E-state index is 0.389. The van der Waals surface area contributed by atoms with Crippen LogP contribution in [0.3, 0.4) is 0 Å². The van der Waals surface area contributed by atoms with Gasteiger partial charge in [0, 0.05) is 5.56 Å². The second-order valence-electron chi connectivity index (χ2n) is 5.89. The summed E-state index contributed by atoms with van der Waals surface area (Å²) in [7, 11) is 0. The van der Waals surface area contributed by atoms with Gasteiger partial charge in [-0.25, -0.2) is 0 Å². The quantitative estimate of drug-likeness (QED) is 0.883. The fourth-order valence-electron chi connectivity index (χ4n) is 3.16. The van der Waals surface area contributed by atoms with Crippen molar-refractivity contribution in [1.29, 1.82) is 0 Å². The van der Waals surface area contributed by atoms with E-state index in [1.807, 2.05) is 0 Å². The molecule has 1 unspecified atom stereocenters. The average Bonchev–Trinajstić information content (AvgIpc) is 3.13. The lowest BCUT2D eigenvalue weighted by atomic mass is 10.0. The van der Waals surface area contributed by atoms with Crippen LogP contribution in [0.4, 0.5) is 5.82 Å². The Labute approximate surface area is 119 Å². The van der Waals surface area contributed by atoms with Gasteiger partial charge in [-0.05, 0) is 55.7 Å². The van der Waals surface area contributed by atoms with Crippen molar-refractivity contribution in [2.75, 3.05) is 5.32 Å². The standard InChI is InChI=1S/C16H20N4/c1-2-13-12(10-7-8-10)9-15(17-13)18-16-11-5-3-4-6-14(11)19-20-16/h4,6,9-10,13H,2-3,5,7-8H2,1H3,(H2,17,18,19,20). The second kappa shape index (κ2) is 4.62. The van der Waals surface area contributed by atoms with Gasteiger partial charge < -0.3 is 5.32 Å². The molecule has 1 aromatic rings. The Hall–Kier alpha value is -1.84. The van der Waals surface area contributed by atoms with Crippen molar-refractivity contribution in [3.05, 3.63) is 29.0 Å². The van der Waals surface area contributed by atoms with Gasteiger partial charge in [0.25, 0.3) is 0 Å². The number of rotatable bonds is 3. The normalized spacial score (nSPS) is 24.4. The summed E-state index contributed by atoms with van der Waals surface area (Å²) in [4.78, 5) is 4.81. The molecule has 20 heavy (non-hydrogen) atoms. The van der Waals surface area contributed by atoms with Gasteiger partial charge in [0.1, 0.15) is 5.84 Å². The third-order valence-electron chi connectivity index (χ3n) is 4.41. The van der Waals surface area contributed by atoms with Crippen molar-refractivity contribution in [3.63, 3.8) is 0 Å². The highest BCUT2D eigenvalue weighted by atomic mass is 15.2. The Morgan fingerprint density at radius 1 is 1.40 bits per heavy atom. The Balaban J connectivity index is 1.57. The van der Waals surface area contributed by atoms with E-state index in [1.165, 1.54) is 24.0 Å². The van der Waals surface area contributed by atoms with Crippen LogP contribution in [-0.4, -0.2) is 22.1 Å². The fourth-order valence-corrected chi connectivity index (χ4v) is 3.16. The first kappa shape index (κ1) is 11.9. The van der Waals surface area contributed by atoms with Crippen LogP contribution in [0.15, 0.2) is 22.7 Å². The lowest BCUT2D eigenvalue weighted by Gasteiger charge is -2.08. The smallest absolute Gasteiger partial charge is 0.157 e. The summed E-state index contributed by atoms with van der Waals surface area (Å²) in [5.74, 6) is 2.73. The molecule has 104 valence electrons. The Morgan fingerprint density at radius 2 is 2.30 bits per heavy atom. The van der Waals surface area contributed by atoms with Crippen molar-refractivity contribution in [2.24, 2.45) is 10.9 Å². The van der Waals surface area contributed by atoms with Crippen LogP contribution in [0, 0.1) is 5.92 Å². The molecule has 2 aliphatic carbocycles. The molecular formula is C16H20N4. The number of allylic oxidation sites excluding steroid dienone is 1. The third kappa shape index (κ3) is 1.99. The highest BCUT2D eigenvalue weighted by Gasteiger charge is 2.33. The molecule has 0 bridgehead atoms. The van der Waals surface area contributed by atoms with E-state index in [0.29, 0.717) is 6.04 Å². The molecule has 2 heterocycles. The molecule has 1 aliphatic heterocycles. The third-order valence-corrected chi connectivity index (χ3v) is 4.41. The number of hydrogen-bond donors (Lipinski definition) is 2. The Bertz CT molecular complexity index is 616. The van der Waals surface area contributed by atoms with Gasteiger partial charge in [-0.1, -0.05) is 13.0 Å². The maximum Gasteiger partial charge on any atom is 0.157 e. The molecule has 0 spiro atoms. The monoisotopic (exact) mass is 268 g/mol. The van der Waals surface area contributed by atoms with Gasteiger partial charge in [-0.3, -0.25) is 10.1 Å². The van der Waals surface area contributed by atoms with Crippen LogP contribution in [0.25, 0.3) is 6.08 Å². The molecule has 0 saturated heterocycles. The molecule has 4 heteroatoms. The molecule has 1 aromatic heterocycles. The molecule has 1 saturated carbocycles. The number of aromatic amines is 1. The molecule has 4 nitrogen and oxygen atoms in total. The van der Waals surface area contributed by atoms with Crippen LogP contribution in [0.2, 0.25) is 0 Å². The Kier molecular flexibility index (Phi) is 2.76. The summed E-state index contributed by atoms with van der Waals surface area (Å²) in [6, 6.07) is 0.389. The molecular weight excluding hydrogens is 248 g/mol. The molecule has 2 N–H and O–H groups in total. The number of amidine groups is 1. The number of aromatic nitrogens is 2. The van der Waals surface area contributed by atoms with Gasteiger partial charge in [0.05, 0.1) is 11.7 Å². The number of H-pyrrole nitrogens is 1. The topological polar surface area (TPSA) is 53.1 Å². The summed E-state index contributed by atoms with van der Waals surface area (Å²) >= 11 is 0. The first-order valence-electron chi connectivity index (χ1n) is 7.65. The van der Waals surface area contributed by atoms with E-state index >= 15 is 0 Å². The van der Waals surface area contributed by atoms with Crippen LogP contribution in [0.1, 0.15) is 43.9 Å². The average molecular weight is 268 g/mol. The predicted molar refractivity (Wildman–Crippen MR) is 81.9 cm³/mol. The number of fused-ring (bicyclic) bond motifs is 1. The molecule has 3 aliphatic rings. The van der Waals surface area contributed by atoms with Crippen LogP contribution < -0.4 is 5.32 Å². The fraction of sp³-hybridized carbons (Fsp3) is 0.500. The summed E-state index contributed by atoms with van der Waals surface area (Å²) in [6.45, 7) is 2.22. The molecule has 1 atom stereocenters. The first-order chi connectivity index (χ1) is 9.85. The van der Waals surface area contributed by atoms with Gasteiger partial charge in [-0.15, -0.1) is 0 Å². The zero-order valence-corrected chi connectivity index (χ0v) is 11.8. The van der Waals surface area contributed by atoms with Gasteiger partial charge in [-0.2, -0.15) is 5.10 Å². The predicted octanol–water partition coefficient (Wildman–Crippen LogP) is 3.31. The van der Waals surface area contributed by atoms with Gasteiger partial charge in [0.15, 0.2) is 5.82 Å². The Morgan fingerprint density at radius 3 is 3.10 bits per heavy atom. The highest BCUT2D eigenvalue weighted by molar-refractivity contribution is 6.06. The summed E-state index contributed by atoms with van der Waals surface area (Å²) in [5.41, 5.74) is 3.95. The lowest BCUT2D eigenvalue weighted by molar-refractivity contribution is 0.709. The van der Waals surface area contributed by atoms with E-state index in [1.54, 1.807) is 0 Å². The SMILES string of the molecule is CCC1N=C(Nc2n[nH]c3c2CCC=C3)C=C1C1CC1. The zero-order valence-electron chi connectivity index (χ0n) is 11.8. The summed E-state index contributed by atoms with van der Waals surface area (Å²) in [5, 5.41) is 10.9. The van der Waals surface area contributed by atoms with Crippen molar-refractivity contribution < 1.29 is 0 Å². The van der Waals surface area contributed by atoms with Crippen molar-refractivity contribution in [1.82, 2.24) is 10.2 Å². The van der Waals surface area contributed by atoms with Crippen molar-refractivity contribution >= 4 is 17.7 Å². The number of anilines is 1. The van der Waals surface area contributed by atoms with E-state index in [-0.39, 0.29) is 0 Å². The number of aliphatic imine (C=N–C) groups is 1. The van der Waals surface area contributed by atoms with E-state index < -0.39 is 0 Å². The van der Waals surface area contributed by atoms with E-state index in [2.05, 4.69) is 40.7 Å². The maximum absolute atomic E-state index is 4.81. The lowest BCUT2D eigenvalue weighted by Crippen LogP contribution is -2.10. The largest absolute Gasteiger partial charge is 0.324 e. The maximum atomic E-state index is 4.81. The van der Waals surface area contributed by atoms with Crippen molar-refractivity contribution in [3.8, 4) is 0 Å². The zero-order chi connectivity index (χ0) is 13.5. The summed E-state index contributed by atoms with van der Waals surface area (Å²) in [6.07, 6.45) is 12.5. The molecule has 4 rings (SSSR count). The van der Waals surface area contributed by atoms with E-state index in [0.717, 1.165) is 42.5 Å². The number of hydrogen-bond acceptors (Lipinski definition) is 3. The number of nitrogens with one attached hydrogen (secondary N) is 2. The molecule has 0 amide bonds. The van der Waals surface area contributed by atoms with Crippen molar-refractivity contribution in [2.45, 2.75) is 45.1 Å². The number of nitrogens with zero attached hydrogens (tertiary/aromatic N) is 2. The minimum atomic E-state index is 0.389. The highest BCUT2D eigenvalue weighted by Crippen LogP contribution is 2.41. The van der Waals surface area contributed by atoms with Gasteiger partial charge >= 0.3 is 0 Å². The minimum Gasteiger partial charge on any atom is -0.324 e. The van der Waals surface area contributed by atoms with Gasteiger partial charge in [0.2, 0.25) is 0 Å². The van der Waals surface area contributed by atoms with E-state index in [4.69, 9.17) is 4.99 Å². The van der Waals surface area contributed by atoms with Crippen LogP contribution >= 0.6 is 0 Å². The molecule has 0 radical (unpaired) electrons. The van der Waals surface area contributed by atoms with E-state index in [9.17, 15) is 0 Å². The second-order valence-corrected chi connectivity index (χ2v) is 5.89.